The van der Waals surface area contributed by atoms with Gasteiger partial charge in [0.2, 0.25) is 0 Å². The first-order chi connectivity index (χ1) is 4.57. The number of carboxylic acids is 1. The normalized spacial score (nSPS) is 14.9. The van der Waals surface area contributed by atoms with Gasteiger partial charge in [-0.2, -0.15) is 0 Å². The maximum Gasteiger partial charge on any atom is 0.310 e. The fraction of sp³-hybridized carbons (Fsp3) is 0.625. The molecule has 0 amide bonds. The Labute approximate surface area is 61.6 Å². The minimum Gasteiger partial charge on any atom is -0.481 e. The fourth-order valence-electron chi connectivity index (χ4n) is 0.616. The molecule has 0 aromatic heterocycles. The monoisotopic (exact) mass is 142 g/mol. The maximum atomic E-state index is 10.3. The van der Waals surface area contributed by atoms with Crippen molar-refractivity contribution in [3.8, 4) is 0 Å². The second kappa shape index (κ2) is 4.09. The molecule has 1 N–H and O–H groups in total. The molecule has 2 heteroatoms. The largest absolute Gasteiger partial charge is 0.481 e. The molecular formula is C8H14O2. The van der Waals surface area contributed by atoms with Crippen LogP contribution in [0.15, 0.2) is 11.6 Å². The molecular weight excluding hydrogens is 128 g/mol. The van der Waals surface area contributed by atoms with Crippen LogP contribution >= 0.6 is 0 Å². The van der Waals surface area contributed by atoms with Gasteiger partial charge in [-0.1, -0.05) is 18.6 Å². The lowest BCUT2D eigenvalue weighted by Crippen LogP contribution is -2.06. The number of carbonyl (C=O) groups is 1. The molecule has 0 radical (unpaired) electrons. The van der Waals surface area contributed by atoms with Crippen LogP contribution in [-0.4, -0.2) is 11.1 Å². The summed E-state index contributed by atoms with van der Waals surface area (Å²) in [7, 11) is 0. The van der Waals surface area contributed by atoms with Crippen molar-refractivity contribution in [2.24, 2.45) is 5.92 Å². The summed E-state index contributed by atoms with van der Waals surface area (Å²) in [6, 6.07) is 0. The number of allylic oxidation sites excluding steroid dienone is 1. The van der Waals surface area contributed by atoms with E-state index in [1.807, 2.05) is 13.8 Å². The second-order valence-electron chi connectivity index (χ2n) is 2.49. The van der Waals surface area contributed by atoms with E-state index >= 15 is 0 Å². The molecule has 0 aromatic carbocycles. The quantitative estimate of drug-likeness (QED) is 0.612. The van der Waals surface area contributed by atoms with Gasteiger partial charge in [-0.15, -0.1) is 0 Å². The number of hydrogen-bond donors (Lipinski definition) is 1. The van der Waals surface area contributed by atoms with E-state index in [0.717, 1.165) is 12.0 Å². The van der Waals surface area contributed by atoms with E-state index in [2.05, 4.69) is 0 Å². The van der Waals surface area contributed by atoms with E-state index in [-0.39, 0.29) is 5.92 Å². The minimum absolute atomic E-state index is 0.347. The summed E-state index contributed by atoms with van der Waals surface area (Å²) < 4.78 is 0. The second-order valence-corrected chi connectivity index (χ2v) is 2.49. The number of hydrogen-bond acceptors (Lipinski definition) is 1. The summed E-state index contributed by atoms with van der Waals surface area (Å²) in [6.07, 6.45) is 2.71. The Kier molecular flexibility index (Phi) is 3.77. The Morgan fingerprint density at radius 1 is 1.70 bits per heavy atom. The smallest absolute Gasteiger partial charge is 0.310 e. The number of rotatable bonds is 3. The van der Waals surface area contributed by atoms with Gasteiger partial charge < -0.3 is 5.11 Å². The van der Waals surface area contributed by atoms with Crippen LogP contribution in [0.3, 0.4) is 0 Å². The highest BCUT2D eigenvalue weighted by Gasteiger charge is 2.05. The molecule has 0 aliphatic heterocycles. The lowest BCUT2D eigenvalue weighted by molar-refractivity contribution is -0.139. The zero-order valence-corrected chi connectivity index (χ0v) is 6.72. The molecule has 10 heavy (non-hydrogen) atoms. The highest BCUT2D eigenvalue weighted by atomic mass is 16.4. The molecule has 0 heterocycles. The van der Waals surface area contributed by atoms with Gasteiger partial charge >= 0.3 is 5.97 Å². The van der Waals surface area contributed by atoms with Crippen LogP contribution in [0, 0.1) is 5.92 Å². The van der Waals surface area contributed by atoms with E-state index < -0.39 is 5.97 Å². The standard InChI is InChI=1S/C8H14O2/c1-4-6(2)5-7(3)8(9)10/h5,7H,4H2,1-3H3,(H,9,10)/b6-5+/t7-/m1/s1. The summed E-state index contributed by atoms with van der Waals surface area (Å²) >= 11 is 0. The first-order valence-corrected chi connectivity index (χ1v) is 3.48. The molecule has 0 rings (SSSR count). The zero-order chi connectivity index (χ0) is 8.15. The zero-order valence-electron chi connectivity index (χ0n) is 6.72. The van der Waals surface area contributed by atoms with Crippen LogP contribution in [0.5, 0.6) is 0 Å². The molecule has 0 aromatic rings. The Morgan fingerprint density at radius 2 is 2.20 bits per heavy atom. The topological polar surface area (TPSA) is 37.3 Å². The molecule has 0 bridgehead atoms. The van der Waals surface area contributed by atoms with Crippen LogP contribution in [0.1, 0.15) is 27.2 Å². The average molecular weight is 142 g/mol. The predicted molar refractivity (Wildman–Crippen MR) is 40.8 cm³/mol. The van der Waals surface area contributed by atoms with Gasteiger partial charge in [0.15, 0.2) is 0 Å². The van der Waals surface area contributed by atoms with Crippen LogP contribution in [-0.2, 0) is 4.79 Å². The van der Waals surface area contributed by atoms with Crippen molar-refractivity contribution in [1.29, 1.82) is 0 Å². The molecule has 2 nitrogen and oxygen atoms in total. The molecule has 0 fully saturated rings. The van der Waals surface area contributed by atoms with Gasteiger partial charge in [0, 0.05) is 0 Å². The van der Waals surface area contributed by atoms with Crippen LogP contribution < -0.4 is 0 Å². The first-order valence-electron chi connectivity index (χ1n) is 3.48. The third kappa shape index (κ3) is 3.28. The lowest BCUT2D eigenvalue weighted by Gasteiger charge is -1.99. The highest BCUT2D eigenvalue weighted by Crippen LogP contribution is 2.05. The van der Waals surface area contributed by atoms with E-state index in [0.29, 0.717) is 0 Å². The van der Waals surface area contributed by atoms with Crippen LogP contribution in [0.25, 0.3) is 0 Å². The summed E-state index contributed by atoms with van der Waals surface area (Å²) in [4.78, 5) is 10.3. The van der Waals surface area contributed by atoms with Gasteiger partial charge in [0.05, 0.1) is 5.92 Å². The lowest BCUT2D eigenvalue weighted by atomic mass is 10.1. The third-order valence-corrected chi connectivity index (χ3v) is 1.48. The molecule has 0 aliphatic rings. The summed E-state index contributed by atoms with van der Waals surface area (Å²) in [5.41, 5.74) is 1.13. The van der Waals surface area contributed by atoms with Crippen molar-refractivity contribution < 1.29 is 9.90 Å². The van der Waals surface area contributed by atoms with Crippen molar-refractivity contribution in [3.05, 3.63) is 11.6 Å². The van der Waals surface area contributed by atoms with Crippen molar-refractivity contribution in [2.75, 3.05) is 0 Å². The summed E-state index contributed by atoms with van der Waals surface area (Å²) in [6.45, 7) is 5.64. The minimum atomic E-state index is -0.757. The summed E-state index contributed by atoms with van der Waals surface area (Å²) in [5, 5.41) is 8.48. The van der Waals surface area contributed by atoms with E-state index in [1.165, 1.54) is 0 Å². The Bertz CT molecular complexity index is 147. The van der Waals surface area contributed by atoms with Gasteiger partial charge in [0.25, 0.3) is 0 Å². The Balaban J connectivity index is 3.99. The molecule has 0 saturated heterocycles. The van der Waals surface area contributed by atoms with E-state index in [1.54, 1.807) is 13.0 Å². The maximum absolute atomic E-state index is 10.3. The Morgan fingerprint density at radius 3 is 2.50 bits per heavy atom. The molecule has 1 atom stereocenters. The average Bonchev–Trinajstić information content (AvgIpc) is 1.87. The van der Waals surface area contributed by atoms with Gasteiger partial charge in [-0.3, -0.25) is 4.79 Å². The molecule has 0 unspecified atom stereocenters. The van der Waals surface area contributed by atoms with Gasteiger partial charge in [0.1, 0.15) is 0 Å². The SMILES string of the molecule is CC/C(C)=C/[C@@H](C)C(=O)O. The highest BCUT2D eigenvalue weighted by molar-refractivity contribution is 5.71. The van der Waals surface area contributed by atoms with Crippen molar-refractivity contribution in [2.45, 2.75) is 27.2 Å². The van der Waals surface area contributed by atoms with E-state index in [4.69, 9.17) is 5.11 Å². The molecule has 0 aliphatic carbocycles. The molecule has 58 valence electrons. The van der Waals surface area contributed by atoms with Crippen molar-refractivity contribution in [1.82, 2.24) is 0 Å². The molecule has 0 spiro atoms. The number of aliphatic carboxylic acids is 1. The number of carboxylic acid groups (broad SMARTS) is 1. The van der Waals surface area contributed by atoms with Gasteiger partial charge in [-0.05, 0) is 20.3 Å². The van der Waals surface area contributed by atoms with Crippen molar-refractivity contribution in [3.63, 3.8) is 0 Å². The Hall–Kier alpha value is -0.790. The van der Waals surface area contributed by atoms with Crippen molar-refractivity contribution >= 4 is 5.97 Å². The molecule has 0 saturated carbocycles. The van der Waals surface area contributed by atoms with Gasteiger partial charge in [-0.25, -0.2) is 0 Å². The van der Waals surface area contributed by atoms with E-state index in [9.17, 15) is 4.79 Å². The predicted octanol–water partition coefficient (Wildman–Crippen LogP) is 2.06. The summed E-state index contributed by atoms with van der Waals surface area (Å²) in [5.74, 6) is -1.10. The first kappa shape index (κ1) is 9.21. The van der Waals surface area contributed by atoms with Crippen LogP contribution in [0.4, 0.5) is 0 Å². The fourth-order valence-corrected chi connectivity index (χ4v) is 0.616. The third-order valence-electron chi connectivity index (χ3n) is 1.48. The van der Waals surface area contributed by atoms with Crippen LogP contribution in [0.2, 0.25) is 0 Å².